The third-order valence-electron chi connectivity index (χ3n) is 4.76. The molecule has 0 aliphatic heterocycles. The zero-order valence-electron chi connectivity index (χ0n) is 13.5. The van der Waals surface area contributed by atoms with Crippen LogP contribution >= 0.6 is 0 Å². The standard InChI is InChI=1S/C19H24N2O/c1-14-18(13-16-9-5-3-6-10-16)19(22)21(15(2)20-14)17-11-7-4-8-12-17/h3,5-6,9-10,17H,4,7-8,11-13H2,1-2H3. The Bertz CT molecular complexity index is 697. The Morgan fingerprint density at radius 1 is 1.09 bits per heavy atom. The van der Waals surface area contributed by atoms with Crippen LogP contribution in [0.3, 0.4) is 0 Å². The summed E-state index contributed by atoms with van der Waals surface area (Å²) in [4.78, 5) is 17.7. The van der Waals surface area contributed by atoms with Crippen molar-refractivity contribution in [3.8, 4) is 0 Å². The van der Waals surface area contributed by atoms with Crippen molar-refractivity contribution in [3.05, 3.63) is 63.3 Å². The molecule has 1 fully saturated rings. The fourth-order valence-corrected chi connectivity index (χ4v) is 3.58. The summed E-state index contributed by atoms with van der Waals surface area (Å²) >= 11 is 0. The molecular formula is C19H24N2O. The molecule has 1 heterocycles. The van der Waals surface area contributed by atoms with Crippen molar-refractivity contribution < 1.29 is 0 Å². The van der Waals surface area contributed by atoms with Gasteiger partial charge in [0.2, 0.25) is 0 Å². The Labute approximate surface area is 132 Å². The van der Waals surface area contributed by atoms with Crippen LogP contribution in [0.2, 0.25) is 0 Å². The van der Waals surface area contributed by atoms with Crippen LogP contribution in [-0.2, 0) is 6.42 Å². The summed E-state index contributed by atoms with van der Waals surface area (Å²) in [6.07, 6.45) is 6.62. The lowest BCUT2D eigenvalue weighted by molar-refractivity contribution is 0.336. The molecular weight excluding hydrogens is 272 g/mol. The Hall–Kier alpha value is -1.90. The zero-order valence-corrected chi connectivity index (χ0v) is 13.5. The molecule has 3 nitrogen and oxygen atoms in total. The van der Waals surface area contributed by atoms with Crippen LogP contribution in [-0.4, -0.2) is 9.55 Å². The molecule has 116 valence electrons. The summed E-state index contributed by atoms with van der Waals surface area (Å²) in [6, 6.07) is 10.5. The highest BCUT2D eigenvalue weighted by Crippen LogP contribution is 2.28. The maximum absolute atomic E-state index is 13.0. The molecule has 0 amide bonds. The summed E-state index contributed by atoms with van der Waals surface area (Å²) in [7, 11) is 0. The average Bonchev–Trinajstić information content (AvgIpc) is 2.53. The molecule has 0 N–H and O–H groups in total. The normalized spacial score (nSPS) is 15.9. The molecule has 0 radical (unpaired) electrons. The third-order valence-corrected chi connectivity index (χ3v) is 4.76. The van der Waals surface area contributed by atoms with Gasteiger partial charge in [0.05, 0.1) is 0 Å². The molecule has 1 aromatic heterocycles. The highest BCUT2D eigenvalue weighted by molar-refractivity contribution is 5.27. The fourth-order valence-electron chi connectivity index (χ4n) is 3.58. The monoisotopic (exact) mass is 296 g/mol. The lowest BCUT2D eigenvalue weighted by Crippen LogP contribution is -2.32. The molecule has 3 rings (SSSR count). The third kappa shape index (κ3) is 2.99. The van der Waals surface area contributed by atoms with Gasteiger partial charge in [-0.1, -0.05) is 49.6 Å². The number of aryl methyl sites for hydroxylation is 2. The van der Waals surface area contributed by atoms with Gasteiger partial charge in [-0.05, 0) is 32.3 Å². The Morgan fingerprint density at radius 2 is 1.77 bits per heavy atom. The van der Waals surface area contributed by atoms with Gasteiger partial charge < -0.3 is 0 Å². The van der Waals surface area contributed by atoms with Crippen molar-refractivity contribution in [2.75, 3.05) is 0 Å². The van der Waals surface area contributed by atoms with Crippen LogP contribution in [0.1, 0.15) is 60.8 Å². The van der Waals surface area contributed by atoms with E-state index in [0.717, 1.165) is 29.9 Å². The predicted octanol–water partition coefficient (Wildman–Crippen LogP) is 3.96. The van der Waals surface area contributed by atoms with Crippen LogP contribution in [0.25, 0.3) is 0 Å². The van der Waals surface area contributed by atoms with E-state index in [9.17, 15) is 4.79 Å². The minimum atomic E-state index is 0.167. The minimum absolute atomic E-state index is 0.167. The van der Waals surface area contributed by atoms with Crippen molar-refractivity contribution in [1.82, 2.24) is 9.55 Å². The summed E-state index contributed by atoms with van der Waals surface area (Å²) in [5.41, 5.74) is 3.06. The van der Waals surface area contributed by atoms with E-state index in [0.29, 0.717) is 12.5 Å². The van der Waals surface area contributed by atoms with Crippen LogP contribution in [0.15, 0.2) is 35.1 Å². The number of aromatic nitrogens is 2. The summed E-state index contributed by atoms with van der Waals surface area (Å²) < 4.78 is 1.96. The number of nitrogens with zero attached hydrogens (tertiary/aromatic N) is 2. The lowest BCUT2D eigenvalue weighted by atomic mass is 9.94. The number of hydrogen-bond donors (Lipinski definition) is 0. The van der Waals surface area contributed by atoms with Crippen LogP contribution in [0, 0.1) is 13.8 Å². The highest BCUT2D eigenvalue weighted by atomic mass is 16.1. The Balaban J connectivity index is 2.01. The van der Waals surface area contributed by atoms with Crippen molar-refractivity contribution in [2.24, 2.45) is 0 Å². The van der Waals surface area contributed by atoms with Crippen molar-refractivity contribution in [2.45, 2.75) is 58.4 Å². The zero-order chi connectivity index (χ0) is 15.5. The molecule has 0 bridgehead atoms. The van der Waals surface area contributed by atoms with E-state index in [1.165, 1.54) is 24.8 Å². The molecule has 0 spiro atoms. The van der Waals surface area contributed by atoms with Gasteiger partial charge in [0.25, 0.3) is 5.56 Å². The molecule has 3 heteroatoms. The molecule has 0 unspecified atom stereocenters. The summed E-state index contributed by atoms with van der Waals surface area (Å²) in [6.45, 7) is 3.92. The van der Waals surface area contributed by atoms with E-state index < -0.39 is 0 Å². The summed E-state index contributed by atoms with van der Waals surface area (Å²) in [5, 5.41) is 0. The maximum atomic E-state index is 13.0. The van der Waals surface area contributed by atoms with E-state index in [1.807, 2.05) is 36.6 Å². The number of benzene rings is 1. The second-order valence-corrected chi connectivity index (χ2v) is 6.35. The van der Waals surface area contributed by atoms with Crippen LogP contribution in [0.5, 0.6) is 0 Å². The number of hydrogen-bond acceptors (Lipinski definition) is 2. The highest BCUT2D eigenvalue weighted by Gasteiger charge is 2.21. The van der Waals surface area contributed by atoms with Gasteiger partial charge >= 0.3 is 0 Å². The summed E-state index contributed by atoms with van der Waals surface area (Å²) in [5.74, 6) is 0.867. The first-order chi connectivity index (χ1) is 10.7. The van der Waals surface area contributed by atoms with E-state index in [-0.39, 0.29) is 5.56 Å². The fraction of sp³-hybridized carbons (Fsp3) is 0.474. The lowest BCUT2D eigenvalue weighted by Gasteiger charge is -2.26. The van der Waals surface area contributed by atoms with Gasteiger partial charge in [0.1, 0.15) is 5.82 Å². The maximum Gasteiger partial charge on any atom is 0.257 e. The second kappa shape index (κ2) is 6.47. The molecule has 1 saturated carbocycles. The van der Waals surface area contributed by atoms with Gasteiger partial charge in [-0.3, -0.25) is 9.36 Å². The molecule has 1 aliphatic carbocycles. The molecule has 0 saturated heterocycles. The topological polar surface area (TPSA) is 34.9 Å². The first-order valence-electron chi connectivity index (χ1n) is 8.29. The minimum Gasteiger partial charge on any atom is -0.294 e. The molecule has 22 heavy (non-hydrogen) atoms. The van der Waals surface area contributed by atoms with E-state index in [4.69, 9.17) is 0 Å². The van der Waals surface area contributed by atoms with Crippen molar-refractivity contribution in [1.29, 1.82) is 0 Å². The van der Waals surface area contributed by atoms with Gasteiger partial charge in [-0.2, -0.15) is 0 Å². The average molecular weight is 296 g/mol. The van der Waals surface area contributed by atoms with Crippen molar-refractivity contribution >= 4 is 0 Å². The molecule has 1 aliphatic rings. The molecule has 2 aromatic rings. The van der Waals surface area contributed by atoms with E-state index in [1.54, 1.807) is 0 Å². The quantitative estimate of drug-likeness (QED) is 0.859. The van der Waals surface area contributed by atoms with E-state index >= 15 is 0 Å². The van der Waals surface area contributed by atoms with Crippen LogP contribution in [0.4, 0.5) is 0 Å². The van der Waals surface area contributed by atoms with Gasteiger partial charge in [0.15, 0.2) is 0 Å². The van der Waals surface area contributed by atoms with Gasteiger partial charge in [0, 0.05) is 23.7 Å². The largest absolute Gasteiger partial charge is 0.294 e. The number of rotatable bonds is 3. The molecule has 1 aromatic carbocycles. The first-order valence-corrected chi connectivity index (χ1v) is 8.29. The smallest absolute Gasteiger partial charge is 0.257 e. The van der Waals surface area contributed by atoms with E-state index in [2.05, 4.69) is 17.1 Å². The Morgan fingerprint density at radius 3 is 2.45 bits per heavy atom. The van der Waals surface area contributed by atoms with Gasteiger partial charge in [-0.25, -0.2) is 4.98 Å². The SMILES string of the molecule is Cc1nc(C)n(C2CCCCC2)c(=O)c1Cc1ccccc1. The predicted molar refractivity (Wildman–Crippen MR) is 89.3 cm³/mol. The van der Waals surface area contributed by atoms with Crippen molar-refractivity contribution in [3.63, 3.8) is 0 Å². The first kappa shape index (κ1) is 15.0. The molecule has 0 atom stereocenters. The second-order valence-electron chi connectivity index (χ2n) is 6.35. The van der Waals surface area contributed by atoms with Gasteiger partial charge in [-0.15, -0.1) is 0 Å². The Kier molecular flexibility index (Phi) is 4.41. The van der Waals surface area contributed by atoms with Crippen LogP contribution < -0.4 is 5.56 Å².